The van der Waals surface area contributed by atoms with Gasteiger partial charge < -0.3 is 10.2 Å². The molecule has 0 bridgehead atoms. The summed E-state index contributed by atoms with van der Waals surface area (Å²) in [6.07, 6.45) is 1.11. The Hall–Kier alpha value is -1.09. The third kappa shape index (κ3) is 3.81. The van der Waals surface area contributed by atoms with Crippen LogP contribution in [-0.4, -0.2) is 22.6 Å². The molecule has 0 saturated carbocycles. The van der Waals surface area contributed by atoms with Gasteiger partial charge in [0.25, 0.3) is 0 Å². The Kier molecular flexibility index (Phi) is 5.26. The number of nitrogens with one attached hydrogen (secondary N) is 1. The summed E-state index contributed by atoms with van der Waals surface area (Å²) in [5, 5.41) is 4.07. The van der Waals surface area contributed by atoms with Gasteiger partial charge in [0.15, 0.2) is 5.11 Å². The number of anilines is 1. The minimum Gasteiger partial charge on any atom is -0.347 e. The van der Waals surface area contributed by atoms with Crippen LogP contribution in [0.1, 0.15) is 27.2 Å². The van der Waals surface area contributed by atoms with E-state index < -0.39 is 0 Å². The molecule has 1 N–H and O–H groups in total. The fourth-order valence-corrected chi connectivity index (χ4v) is 1.97. The maximum Gasteiger partial charge on any atom is 0.173 e. The molecule has 0 spiro atoms. The van der Waals surface area contributed by atoms with E-state index in [1.807, 2.05) is 30.3 Å². The predicted octanol–water partition coefficient (Wildman–Crippen LogP) is 3.50. The Labute approximate surface area is 104 Å². The summed E-state index contributed by atoms with van der Waals surface area (Å²) in [6.45, 7) is 7.49. The van der Waals surface area contributed by atoms with Crippen molar-refractivity contribution in [3.05, 3.63) is 30.3 Å². The van der Waals surface area contributed by atoms with Gasteiger partial charge >= 0.3 is 0 Å². The number of thiocarbonyl (C=S) groups is 1. The van der Waals surface area contributed by atoms with E-state index in [4.69, 9.17) is 12.2 Å². The van der Waals surface area contributed by atoms with Crippen molar-refractivity contribution in [2.24, 2.45) is 0 Å². The highest BCUT2D eigenvalue weighted by Crippen LogP contribution is 2.09. The maximum absolute atomic E-state index is 5.41. The van der Waals surface area contributed by atoms with Gasteiger partial charge in [0.05, 0.1) is 0 Å². The monoisotopic (exact) mass is 236 g/mol. The Morgan fingerprint density at radius 3 is 2.44 bits per heavy atom. The van der Waals surface area contributed by atoms with Crippen molar-refractivity contribution in [1.82, 2.24) is 4.90 Å². The molecule has 0 amide bonds. The molecule has 0 atom stereocenters. The van der Waals surface area contributed by atoms with Crippen molar-refractivity contribution < 1.29 is 0 Å². The SMILES string of the molecule is CCCN(C(=S)Nc1ccccc1)C(C)C. The molecule has 2 nitrogen and oxygen atoms in total. The first-order valence-corrected chi connectivity index (χ1v) is 6.18. The van der Waals surface area contributed by atoms with Crippen LogP contribution in [0.5, 0.6) is 0 Å². The van der Waals surface area contributed by atoms with Crippen LogP contribution in [0.3, 0.4) is 0 Å². The third-order valence-electron chi connectivity index (χ3n) is 2.37. The van der Waals surface area contributed by atoms with E-state index in [0.29, 0.717) is 6.04 Å². The van der Waals surface area contributed by atoms with Crippen LogP contribution in [0.25, 0.3) is 0 Å². The average Bonchev–Trinajstić information content (AvgIpc) is 2.26. The van der Waals surface area contributed by atoms with Gasteiger partial charge in [-0.2, -0.15) is 0 Å². The Morgan fingerprint density at radius 1 is 1.31 bits per heavy atom. The highest BCUT2D eigenvalue weighted by Gasteiger charge is 2.11. The maximum atomic E-state index is 5.41. The van der Waals surface area contributed by atoms with Crippen molar-refractivity contribution in [3.8, 4) is 0 Å². The van der Waals surface area contributed by atoms with Crippen molar-refractivity contribution in [1.29, 1.82) is 0 Å². The van der Waals surface area contributed by atoms with E-state index in [-0.39, 0.29) is 0 Å². The number of hydrogen-bond acceptors (Lipinski definition) is 1. The zero-order valence-electron chi connectivity index (χ0n) is 10.2. The largest absolute Gasteiger partial charge is 0.347 e. The van der Waals surface area contributed by atoms with Gasteiger partial charge in [0.1, 0.15) is 0 Å². The molecular formula is C13H20N2S. The fourth-order valence-electron chi connectivity index (χ4n) is 1.55. The molecule has 0 heterocycles. The van der Waals surface area contributed by atoms with Crippen molar-refractivity contribution in [2.75, 3.05) is 11.9 Å². The number of benzene rings is 1. The highest BCUT2D eigenvalue weighted by atomic mass is 32.1. The summed E-state index contributed by atoms with van der Waals surface area (Å²) in [5.41, 5.74) is 1.05. The topological polar surface area (TPSA) is 15.3 Å². The van der Waals surface area contributed by atoms with E-state index in [0.717, 1.165) is 23.8 Å². The average molecular weight is 236 g/mol. The molecule has 0 aliphatic rings. The second kappa shape index (κ2) is 6.48. The van der Waals surface area contributed by atoms with Gasteiger partial charge in [-0.25, -0.2) is 0 Å². The summed E-state index contributed by atoms with van der Waals surface area (Å²) in [6, 6.07) is 10.5. The summed E-state index contributed by atoms with van der Waals surface area (Å²) in [7, 11) is 0. The molecule has 1 aromatic rings. The van der Waals surface area contributed by atoms with Gasteiger partial charge in [-0.3, -0.25) is 0 Å². The summed E-state index contributed by atoms with van der Waals surface area (Å²) in [4.78, 5) is 2.21. The lowest BCUT2D eigenvalue weighted by molar-refractivity contribution is 0.355. The number of para-hydroxylation sites is 1. The Morgan fingerprint density at radius 2 is 1.94 bits per heavy atom. The van der Waals surface area contributed by atoms with E-state index in [2.05, 4.69) is 31.0 Å². The third-order valence-corrected chi connectivity index (χ3v) is 2.71. The van der Waals surface area contributed by atoms with Gasteiger partial charge in [-0.15, -0.1) is 0 Å². The van der Waals surface area contributed by atoms with Crippen molar-refractivity contribution in [3.63, 3.8) is 0 Å². The number of hydrogen-bond donors (Lipinski definition) is 1. The van der Waals surface area contributed by atoms with E-state index in [1.165, 1.54) is 0 Å². The fraction of sp³-hybridized carbons (Fsp3) is 0.462. The van der Waals surface area contributed by atoms with Crippen molar-refractivity contribution in [2.45, 2.75) is 33.2 Å². The molecule has 3 heteroatoms. The van der Waals surface area contributed by atoms with Crippen LogP contribution in [0.15, 0.2) is 30.3 Å². The predicted molar refractivity (Wildman–Crippen MR) is 74.8 cm³/mol. The zero-order chi connectivity index (χ0) is 12.0. The standard InChI is InChI=1S/C13H20N2S/c1-4-10-15(11(2)3)13(16)14-12-8-6-5-7-9-12/h5-9,11H,4,10H2,1-3H3,(H,14,16). The van der Waals surface area contributed by atoms with E-state index >= 15 is 0 Å². The first kappa shape index (κ1) is 13.0. The van der Waals surface area contributed by atoms with Gasteiger partial charge in [-0.05, 0) is 44.6 Å². The highest BCUT2D eigenvalue weighted by molar-refractivity contribution is 7.80. The minimum absolute atomic E-state index is 0.434. The Bertz CT molecular complexity index is 322. The normalized spacial score (nSPS) is 10.2. The molecule has 0 aliphatic carbocycles. The molecule has 16 heavy (non-hydrogen) atoms. The molecule has 0 unspecified atom stereocenters. The lowest BCUT2D eigenvalue weighted by Crippen LogP contribution is -2.40. The van der Waals surface area contributed by atoms with E-state index in [1.54, 1.807) is 0 Å². The molecular weight excluding hydrogens is 216 g/mol. The van der Waals surface area contributed by atoms with E-state index in [9.17, 15) is 0 Å². The lowest BCUT2D eigenvalue weighted by Gasteiger charge is -2.29. The number of nitrogens with zero attached hydrogens (tertiary/aromatic N) is 1. The zero-order valence-corrected chi connectivity index (χ0v) is 11.1. The summed E-state index contributed by atoms with van der Waals surface area (Å²) in [5.74, 6) is 0. The molecule has 1 aromatic carbocycles. The molecule has 0 aliphatic heterocycles. The second-order valence-corrected chi connectivity index (χ2v) is 4.47. The first-order valence-electron chi connectivity index (χ1n) is 5.77. The molecule has 88 valence electrons. The van der Waals surface area contributed by atoms with Crippen molar-refractivity contribution >= 4 is 23.0 Å². The van der Waals surface area contributed by atoms with Gasteiger partial charge in [0.2, 0.25) is 0 Å². The molecule has 0 aromatic heterocycles. The van der Waals surface area contributed by atoms with Crippen LogP contribution in [0.4, 0.5) is 5.69 Å². The first-order chi connectivity index (χ1) is 7.65. The van der Waals surface area contributed by atoms with Crippen LogP contribution in [-0.2, 0) is 0 Å². The number of rotatable bonds is 4. The summed E-state index contributed by atoms with van der Waals surface area (Å²) >= 11 is 5.41. The minimum atomic E-state index is 0.434. The molecule has 0 fully saturated rings. The van der Waals surface area contributed by atoms with Gasteiger partial charge in [0, 0.05) is 18.3 Å². The quantitative estimate of drug-likeness (QED) is 0.805. The van der Waals surface area contributed by atoms with Crippen LogP contribution in [0.2, 0.25) is 0 Å². The molecule has 0 saturated heterocycles. The smallest absolute Gasteiger partial charge is 0.173 e. The van der Waals surface area contributed by atoms with Gasteiger partial charge in [-0.1, -0.05) is 25.1 Å². The van der Waals surface area contributed by atoms with Crippen LogP contribution < -0.4 is 5.32 Å². The molecule has 0 radical (unpaired) electrons. The van der Waals surface area contributed by atoms with Crippen LogP contribution in [0, 0.1) is 0 Å². The Balaban J connectivity index is 2.62. The molecule has 1 rings (SSSR count). The second-order valence-electron chi connectivity index (χ2n) is 4.08. The summed E-state index contributed by atoms with van der Waals surface area (Å²) < 4.78 is 0. The lowest BCUT2D eigenvalue weighted by atomic mass is 10.3. The van der Waals surface area contributed by atoms with Crippen LogP contribution >= 0.6 is 12.2 Å².